The summed E-state index contributed by atoms with van der Waals surface area (Å²) in [6.07, 6.45) is -105. The van der Waals surface area contributed by atoms with Gasteiger partial charge in [-0.3, -0.25) is 24.0 Å². The van der Waals surface area contributed by atoms with Crippen molar-refractivity contribution >= 4 is 29.5 Å². The molecule has 11 aliphatic rings. The first-order chi connectivity index (χ1) is 64.3. The average molecular weight is 1990 g/mol. The number of aliphatic hydroxyl groups is 29. The predicted octanol–water partition coefficient (Wildman–Crippen LogP) is -23.2. The van der Waals surface area contributed by atoms with Gasteiger partial charge in [0.15, 0.2) is 69.2 Å². The Bertz CT molecular complexity index is 3760. The van der Waals surface area contributed by atoms with Crippen molar-refractivity contribution in [2.45, 2.75) is 379 Å². The van der Waals surface area contributed by atoms with Crippen molar-refractivity contribution in [3.63, 3.8) is 0 Å². The predicted molar refractivity (Wildman–Crippen MR) is 419 cm³/mol. The number of aliphatic hydroxyl groups excluding tert-OH is 29. The Balaban J connectivity index is 0.912. The number of hydrogen-bond acceptors (Lipinski definition) is 55. The minimum atomic E-state index is -2.62. The van der Waals surface area contributed by atoms with E-state index in [1.54, 1.807) is 0 Å². The lowest BCUT2D eigenvalue weighted by Gasteiger charge is -2.51. The summed E-state index contributed by atoms with van der Waals surface area (Å²) in [6.45, 7) is -5.59. The molecule has 0 aromatic rings. The van der Waals surface area contributed by atoms with Crippen LogP contribution in [0.15, 0.2) is 0 Å². The van der Waals surface area contributed by atoms with Crippen LogP contribution in [0.25, 0.3) is 0 Å². The molecule has 0 radical (unpaired) electrons. The molecule has 11 aliphatic heterocycles. The topological polar surface area (TPSA) is 926 Å². The Morgan fingerprint density at radius 1 is 0.206 bits per heavy atom. The molecule has 0 unspecified atom stereocenters. The van der Waals surface area contributed by atoms with Gasteiger partial charge in [0.25, 0.3) is 0 Å². The van der Waals surface area contributed by atoms with Gasteiger partial charge in [-0.15, -0.1) is 0 Å². The zero-order valence-corrected chi connectivity index (χ0v) is 73.4. The molecule has 60 nitrogen and oxygen atoms in total. The summed E-state index contributed by atoms with van der Waals surface area (Å²) < 4.78 is 126. The van der Waals surface area contributed by atoms with Gasteiger partial charge in [-0.2, -0.15) is 0 Å². The van der Waals surface area contributed by atoms with Crippen molar-refractivity contribution in [3.05, 3.63) is 0 Å². The largest absolute Gasteiger partial charge is 0.394 e. The Morgan fingerprint density at radius 2 is 0.449 bits per heavy atom. The molecule has 0 aliphatic carbocycles. The second-order valence-corrected chi connectivity index (χ2v) is 34.5. The van der Waals surface area contributed by atoms with Crippen LogP contribution in [0, 0.1) is 0 Å². The monoisotopic (exact) mass is 1990 g/mol. The van der Waals surface area contributed by atoms with E-state index < -0.39 is 433 Å². The van der Waals surface area contributed by atoms with E-state index in [1.807, 2.05) is 0 Å². The summed E-state index contributed by atoms with van der Waals surface area (Å²) in [7, 11) is 0. The van der Waals surface area contributed by atoms with E-state index in [0.717, 1.165) is 34.6 Å². The zero-order valence-electron chi connectivity index (χ0n) is 73.4. The highest BCUT2D eigenvalue weighted by atomic mass is 16.8. The van der Waals surface area contributed by atoms with Crippen LogP contribution in [0.5, 0.6) is 0 Å². The number of amides is 5. The van der Waals surface area contributed by atoms with Crippen LogP contribution in [0.1, 0.15) is 41.5 Å². The quantitative estimate of drug-likeness (QED) is 0.0280. The summed E-state index contributed by atoms with van der Waals surface area (Å²) in [6, 6.07) is -9.72. The fourth-order valence-electron chi connectivity index (χ4n) is 17.8. The van der Waals surface area contributed by atoms with Crippen molar-refractivity contribution < 1.29 is 272 Å². The molecule has 0 aromatic heterocycles. The lowest BCUT2D eigenvalue weighted by Crippen LogP contribution is -2.71. The fourth-order valence-corrected chi connectivity index (χ4v) is 17.8. The van der Waals surface area contributed by atoms with Crippen LogP contribution in [0.4, 0.5) is 0 Å². The number of hydrogen-bond donors (Lipinski definition) is 34. The van der Waals surface area contributed by atoms with E-state index in [1.165, 1.54) is 6.92 Å². The molecule has 5 amide bonds. The molecule has 11 fully saturated rings. The maximum Gasteiger partial charge on any atom is 0.217 e. The molecule has 11 rings (SSSR count). The normalized spacial score (nSPS) is 49.2. The second kappa shape index (κ2) is 48.8. The summed E-state index contributed by atoms with van der Waals surface area (Å²) in [5.74, 6) is -4.80. The maximum atomic E-state index is 13.4. The number of carbonyl (C=O) groups excluding carboxylic acids is 5. The first kappa shape index (κ1) is 112. The van der Waals surface area contributed by atoms with Crippen LogP contribution in [0.2, 0.25) is 0 Å². The van der Waals surface area contributed by atoms with Gasteiger partial charge in [0.05, 0.1) is 72.2 Å². The lowest BCUT2D eigenvalue weighted by molar-refractivity contribution is -0.400. The number of rotatable bonds is 35. The Labute approximate surface area is 770 Å². The van der Waals surface area contributed by atoms with Gasteiger partial charge >= 0.3 is 0 Å². The van der Waals surface area contributed by atoms with Gasteiger partial charge in [0.1, 0.15) is 262 Å². The average Bonchev–Trinajstić information content (AvgIpc) is 0.762. The molecule has 34 N–H and O–H groups in total. The smallest absolute Gasteiger partial charge is 0.217 e. The molecular formula is C76H127N5O55. The van der Waals surface area contributed by atoms with E-state index in [9.17, 15) is 172 Å². The number of ether oxygens (including phenoxy) is 21. The first-order valence-electron chi connectivity index (χ1n) is 43.5. The maximum absolute atomic E-state index is 13.4. The molecule has 786 valence electrons. The van der Waals surface area contributed by atoms with E-state index in [4.69, 9.17) is 99.5 Å². The van der Waals surface area contributed by atoms with Crippen molar-refractivity contribution in [1.29, 1.82) is 0 Å². The third-order valence-electron chi connectivity index (χ3n) is 24.9. The molecule has 55 atom stereocenters. The van der Waals surface area contributed by atoms with E-state index >= 15 is 0 Å². The third-order valence-corrected chi connectivity index (χ3v) is 24.9. The van der Waals surface area contributed by atoms with Crippen molar-refractivity contribution in [3.8, 4) is 0 Å². The molecular weight excluding hydrogens is 1860 g/mol. The van der Waals surface area contributed by atoms with Gasteiger partial charge in [-0.1, -0.05) is 0 Å². The highest BCUT2D eigenvalue weighted by Crippen LogP contribution is 2.42. The van der Waals surface area contributed by atoms with Gasteiger partial charge in [-0.25, -0.2) is 0 Å². The van der Waals surface area contributed by atoms with Gasteiger partial charge < -0.3 is 274 Å². The molecule has 11 saturated heterocycles. The highest BCUT2D eigenvalue weighted by Gasteiger charge is 2.63. The zero-order chi connectivity index (χ0) is 100. The number of nitrogens with one attached hydrogen (secondary N) is 5. The minimum absolute atomic E-state index is 0.834. The Kier molecular flexibility index (Phi) is 40.1. The van der Waals surface area contributed by atoms with Crippen molar-refractivity contribution in [2.24, 2.45) is 0 Å². The van der Waals surface area contributed by atoms with Crippen LogP contribution < -0.4 is 26.6 Å². The van der Waals surface area contributed by atoms with Gasteiger partial charge in [0.2, 0.25) is 29.5 Å². The molecule has 60 heteroatoms. The van der Waals surface area contributed by atoms with Crippen molar-refractivity contribution in [2.75, 3.05) is 66.1 Å². The molecule has 0 bridgehead atoms. The van der Waals surface area contributed by atoms with Gasteiger partial charge in [0, 0.05) is 34.6 Å². The number of carbonyl (C=O) groups is 5. The molecule has 11 heterocycles. The summed E-state index contributed by atoms with van der Waals surface area (Å²) in [5, 5.41) is 338. The standard InChI is InChI=1S/C76H127N5O55/c1-17-38(96)50(108)53(111)72(117-17)136-65-64(135-69-34(78-19(3)92)46(104)40(98)24(8-83)120-69)43(101)27(11-86)123-76(65)131-59-29(13-88)124-67(35(47(59)105)79-20(4)93)116-16-32-44(102)63(134-71-37(81-22(6)95)48(106)57(30(14-89)126-71)128-73-54(112)61(41(99)25(9-84)121-73)132-68-33(77-18(2)91)45(103)39(97)23(7-82)119-68)56(114)75(127-32)129-58-31(15-90)125-70(36(49(58)107)80-21(5)94)133-62-42(100)26(10-85)122-74(55(62)113)130-60-28(12-87)118-66(115)52(110)51(60)109/h17,23-76,82-90,96-115H,7-16H2,1-6H3,(H,77,91)(H,78,92)(H,79,93)(H,80,94)(H,81,95)/t17-,23+,24+,25+,26+,27+,28+,29+,30+,31+,32+,33+,34+,35+,36+,37+,38+,39-,40-,41-,42-,43-,44-,45+,46+,47+,48+,49+,50+,51+,52+,53-,54+,55+,56+,57+,58+,59+,60+,61-,62-,63-,64-,65+,66+,67+,68+,69+,70-,71-,72-,73-,74-,75-,76-/m0/s1. The molecule has 0 spiro atoms. The van der Waals surface area contributed by atoms with Crippen molar-refractivity contribution in [1.82, 2.24) is 26.6 Å². The Morgan fingerprint density at radius 3 is 0.801 bits per heavy atom. The van der Waals surface area contributed by atoms with E-state index in [2.05, 4.69) is 26.6 Å². The first-order valence-corrected chi connectivity index (χ1v) is 43.5. The Hall–Kier alpha value is -4.65. The summed E-state index contributed by atoms with van der Waals surface area (Å²) in [5.41, 5.74) is 0. The molecule has 0 aromatic carbocycles. The third kappa shape index (κ3) is 24.6. The van der Waals surface area contributed by atoms with E-state index in [-0.39, 0.29) is 0 Å². The molecule has 136 heavy (non-hydrogen) atoms. The minimum Gasteiger partial charge on any atom is -0.394 e. The summed E-state index contributed by atoms with van der Waals surface area (Å²) >= 11 is 0. The van der Waals surface area contributed by atoms with E-state index in [0.29, 0.717) is 0 Å². The highest BCUT2D eigenvalue weighted by molar-refractivity contribution is 5.75. The lowest BCUT2D eigenvalue weighted by atomic mass is 9.93. The van der Waals surface area contributed by atoms with Crippen LogP contribution in [0.3, 0.4) is 0 Å². The fraction of sp³-hybridized carbons (Fsp3) is 0.934. The SMILES string of the molecule is CC(=O)N[C@H]1[C@H](O[C@H]2[C@@H](O)[C@@H](CO)O[C@@H](O[C@H]3[C@H](O)[C@@H](O)[C@H](O)O[C@@H]3CO)[C@@H]2O)O[C@H](CO)[C@@H](O[C@@H]2O[C@H](CO[C@@H]3O[C@H](CO)[C@@H](O[C@@H]4O[C@H](CO)[C@H](O)[C@H](O[C@H]5O[C@H](CO)[C@H](O)[C@H](O)[C@H]5NC(C)=O)[C@H]4O[C@@H]4O[C@@H](C)[C@@H](O)[C@@H](O)[C@@H]4O)[C@H](O)[C@H]3NC(C)=O)[C@H](O)[C@H](O[C@@H]3O[C@H](CO)[C@@H](O[C@@H]4O[C@H](CO)[C@H](O)[C@H](O[C@H]5O[C@H](CO)[C@H](O)[C@H](O)[C@H]5NC(C)=O)[C@H]4O)[C@H](O)[C@H]3NC(C)=O)[C@H]2O)[C@@H]1O. The van der Waals surface area contributed by atoms with Gasteiger partial charge in [-0.05, 0) is 6.92 Å². The second-order valence-electron chi connectivity index (χ2n) is 34.5. The summed E-state index contributed by atoms with van der Waals surface area (Å²) in [4.78, 5) is 65.0. The van der Waals surface area contributed by atoms with Crippen LogP contribution in [-0.4, -0.2) is 581 Å². The van der Waals surface area contributed by atoms with Crippen LogP contribution >= 0.6 is 0 Å². The molecule has 0 saturated carbocycles. The van der Waals surface area contributed by atoms with Crippen LogP contribution in [-0.2, 0) is 123 Å².